The van der Waals surface area contributed by atoms with Crippen molar-refractivity contribution in [3.05, 3.63) is 22.6 Å². The third kappa shape index (κ3) is 1.41. The molecular formula is C8H7BrN2O3. The largest absolute Gasteiger partial charge is 0.457 e. The molecule has 1 fully saturated rings. The van der Waals surface area contributed by atoms with Gasteiger partial charge in [-0.3, -0.25) is 9.69 Å². The van der Waals surface area contributed by atoms with Gasteiger partial charge in [0.1, 0.15) is 0 Å². The Balaban J connectivity index is 2.24. The zero-order valence-electron chi connectivity index (χ0n) is 7.12. The van der Waals surface area contributed by atoms with E-state index in [1.165, 1.54) is 12.3 Å². The van der Waals surface area contributed by atoms with Crippen molar-refractivity contribution in [1.29, 1.82) is 0 Å². The van der Waals surface area contributed by atoms with Crippen molar-refractivity contribution < 1.29 is 14.0 Å². The summed E-state index contributed by atoms with van der Waals surface area (Å²) >= 11 is 3.09. The van der Waals surface area contributed by atoms with E-state index in [4.69, 9.17) is 4.42 Å². The molecule has 0 unspecified atom stereocenters. The van der Waals surface area contributed by atoms with E-state index in [2.05, 4.69) is 21.2 Å². The molecule has 1 aromatic heterocycles. The second-order valence-corrected chi connectivity index (χ2v) is 3.52. The van der Waals surface area contributed by atoms with Crippen LogP contribution >= 0.6 is 15.9 Å². The van der Waals surface area contributed by atoms with Gasteiger partial charge in [0, 0.05) is 13.1 Å². The van der Waals surface area contributed by atoms with Crippen LogP contribution in [0.2, 0.25) is 0 Å². The highest BCUT2D eigenvalue weighted by Gasteiger charge is 2.29. The lowest BCUT2D eigenvalue weighted by molar-refractivity contribution is 0.0827. The van der Waals surface area contributed by atoms with Gasteiger partial charge in [-0.25, -0.2) is 4.79 Å². The Morgan fingerprint density at radius 2 is 2.43 bits per heavy atom. The number of furan rings is 1. The molecule has 1 saturated heterocycles. The first-order valence-corrected chi connectivity index (χ1v) is 4.82. The molecule has 1 aliphatic heterocycles. The maximum absolute atomic E-state index is 11.7. The van der Waals surface area contributed by atoms with Gasteiger partial charge in [0.25, 0.3) is 5.91 Å². The van der Waals surface area contributed by atoms with E-state index in [0.29, 0.717) is 23.3 Å². The minimum atomic E-state index is -0.358. The lowest BCUT2D eigenvalue weighted by Gasteiger charge is -2.10. The topological polar surface area (TPSA) is 62.6 Å². The number of amides is 3. The van der Waals surface area contributed by atoms with E-state index in [-0.39, 0.29) is 11.9 Å². The number of urea groups is 1. The van der Waals surface area contributed by atoms with Crippen LogP contribution in [0.4, 0.5) is 4.79 Å². The molecule has 3 amide bonds. The van der Waals surface area contributed by atoms with E-state index >= 15 is 0 Å². The van der Waals surface area contributed by atoms with Crippen molar-refractivity contribution >= 4 is 27.9 Å². The van der Waals surface area contributed by atoms with Crippen molar-refractivity contribution in [2.24, 2.45) is 0 Å². The van der Waals surface area contributed by atoms with E-state index in [0.717, 1.165) is 4.90 Å². The standard InChI is InChI=1S/C8H7BrN2O3/c9-6-5(1-4-14-6)7(12)11-3-2-10-8(11)13/h1,4H,2-3H2,(H,10,13). The molecule has 0 aromatic carbocycles. The second kappa shape index (κ2) is 3.45. The van der Waals surface area contributed by atoms with Gasteiger partial charge in [0.15, 0.2) is 4.67 Å². The predicted molar refractivity (Wildman–Crippen MR) is 50.8 cm³/mol. The third-order valence-corrected chi connectivity index (χ3v) is 2.56. The molecule has 14 heavy (non-hydrogen) atoms. The lowest BCUT2D eigenvalue weighted by atomic mass is 10.3. The summed E-state index contributed by atoms with van der Waals surface area (Å²) in [5.41, 5.74) is 0.363. The summed E-state index contributed by atoms with van der Waals surface area (Å²) in [6, 6.07) is 1.17. The molecule has 1 N–H and O–H groups in total. The molecule has 1 aliphatic rings. The summed E-state index contributed by atoms with van der Waals surface area (Å²) in [5.74, 6) is -0.347. The van der Waals surface area contributed by atoms with Crippen molar-refractivity contribution in [3.8, 4) is 0 Å². The van der Waals surface area contributed by atoms with Gasteiger partial charge >= 0.3 is 6.03 Å². The Labute approximate surface area is 88.2 Å². The van der Waals surface area contributed by atoms with Crippen LogP contribution in [0.5, 0.6) is 0 Å². The number of halogens is 1. The van der Waals surface area contributed by atoms with Gasteiger partial charge in [-0.1, -0.05) is 0 Å². The molecule has 0 bridgehead atoms. The first-order valence-electron chi connectivity index (χ1n) is 4.03. The van der Waals surface area contributed by atoms with Crippen molar-refractivity contribution in [2.75, 3.05) is 13.1 Å². The van der Waals surface area contributed by atoms with Crippen molar-refractivity contribution in [3.63, 3.8) is 0 Å². The summed E-state index contributed by atoms with van der Waals surface area (Å²) in [4.78, 5) is 24.0. The average Bonchev–Trinajstić information content (AvgIpc) is 2.73. The fraction of sp³-hybridized carbons (Fsp3) is 0.250. The van der Waals surface area contributed by atoms with Gasteiger partial charge in [-0.05, 0) is 22.0 Å². The SMILES string of the molecule is O=C1NCCN1C(=O)c1ccoc1Br. The Hall–Kier alpha value is -1.30. The van der Waals surface area contributed by atoms with Crippen LogP contribution in [-0.2, 0) is 0 Å². The van der Waals surface area contributed by atoms with Crippen LogP contribution in [0.3, 0.4) is 0 Å². The number of nitrogens with one attached hydrogen (secondary N) is 1. The molecule has 5 nitrogen and oxygen atoms in total. The number of imide groups is 1. The average molecular weight is 259 g/mol. The zero-order chi connectivity index (χ0) is 10.1. The van der Waals surface area contributed by atoms with E-state index < -0.39 is 0 Å². The summed E-state index contributed by atoms with van der Waals surface area (Å²) in [7, 11) is 0. The molecule has 0 atom stereocenters. The van der Waals surface area contributed by atoms with Crippen molar-refractivity contribution in [1.82, 2.24) is 10.2 Å². The number of hydrogen-bond donors (Lipinski definition) is 1. The maximum atomic E-state index is 11.7. The molecule has 0 radical (unpaired) electrons. The highest BCUT2D eigenvalue weighted by Crippen LogP contribution is 2.19. The lowest BCUT2D eigenvalue weighted by Crippen LogP contribution is -2.34. The smallest absolute Gasteiger partial charge is 0.324 e. The number of carbonyl (C=O) groups is 2. The van der Waals surface area contributed by atoms with Gasteiger partial charge in [0.2, 0.25) is 0 Å². The monoisotopic (exact) mass is 258 g/mol. The van der Waals surface area contributed by atoms with Crippen LogP contribution in [0.25, 0.3) is 0 Å². The third-order valence-electron chi connectivity index (χ3n) is 1.95. The van der Waals surface area contributed by atoms with Crippen LogP contribution < -0.4 is 5.32 Å². The number of nitrogens with zero attached hydrogens (tertiary/aromatic N) is 1. The Kier molecular flexibility index (Phi) is 2.28. The Morgan fingerprint density at radius 3 is 2.93 bits per heavy atom. The van der Waals surface area contributed by atoms with Gasteiger partial charge in [-0.15, -0.1) is 0 Å². The summed E-state index contributed by atoms with van der Waals surface area (Å²) in [6.45, 7) is 0.898. The first kappa shape index (κ1) is 9.26. The summed E-state index contributed by atoms with van der Waals surface area (Å²) in [5, 5.41) is 2.55. The van der Waals surface area contributed by atoms with Crippen LogP contribution in [0.1, 0.15) is 10.4 Å². The summed E-state index contributed by atoms with van der Waals surface area (Å²) in [6.07, 6.45) is 1.39. The number of rotatable bonds is 1. The fourth-order valence-electron chi connectivity index (χ4n) is 1.26. The van der Waals surface area contributed by atoms with E-state index in [1.54, 1.807) is 0 Å². The van der Waals surface area contributed by atoms with E-state index in [9.17, 15) is 9.59 Å². The summed E-state index contributed by atoms with van der Waals surface area (Å²) < 4.78 is 5.27. The molecule has 1 aromatic rings. The fourth-order valence-corrected chi connectivity index (χ4v) is 1.67. The van der Waals surface area contributed by atoms with Crippen LogP contribution in [-0.4, -0.2) is 29.9 Å². The highest BCUT2D eigenvalue weighted by atomic mass is 79.9. The highest BCUT2D eigenvalue weighted by molar-refractivity contribution is 9.10. The predicted octanol–water partition coefficient (Wildman–Crippen LogP) is 1.21. The minimum absolute atomic E-state index is 0.347. The van der Waals surface area contributed by atoms with Gasteiger partial charge < -0.3 is 9.73 Å². The minimum Gasteiger partial charge on any atom is -0.457 e. The molecule has 0 aliphatic carbocycles. The Bertz CT molecular complexity index is 388. The first-order chi connectivity index (χ1) is 6.70. The number of hydrogen-bond acceptors (Lipinski definition) is 3. The van der Waals surface area contributed by atoms with Gasteiger partial charge in [0.05, 0.1) is 11.8 Å². The molecule has 74 valence electrons. The molecule has 2 heterocycles. The normalized spacial score (nSPS) is 15.8. The quantitative estimate of drug-likeness (QED) is 0.824. The molecule has 0 spiro atoms. The van der Waals surface area contributed by atoms with Crippen molar-refractivity contribution in [2.45, 2.75) is 0 Å². The molecular weight excluding hydrogens is 252 g/mol. The molecule has 6 heteroatoms. The maximum Gasteiger partial charge on any atom is 0.324 e. The second-order valence-electron chi connectivity index (χ2n) is 2.80. The van der Waals surface area contributed by atoms with Crippen LogP contribution in [0.15, 0.2) is 21.4 Å². The molecule has 2 rings (SSSR count). The van der Waals surface area contributed by atoms with E-state index in [1.807, 2.05) is 0 Å². The zero-order valence-corrected chi connectivity index (χ0v) is 8.70. The molecule has 0 saturated carbocycles. The Morgan fingerprint density at radius 1 is 1.64 bits per heavy atom. The van der Waals surface area contributed by atoms with Crippen LogP contribution in [0, 0.1) is 0 Å². The van der Waals surface area contributed by atoms with Gasteiger partial charge in [-0.2, -0.15) is 0 Å². The number of carbonyl (C=O) groups excluding carboxylic acids is 2.